The summed E-state index contributed by atoms with van der Waals surface area (Å²) < 4.78 is 0. The fourth-order valence-electron chi connectivity index (χ4n) is 1.44. The van der Waals surface area contributed by atoms with Gasteiger partial charge in [0.2, 0.25) is 0 Å². The molecule has 0 atom stereocenters. The molecule has 0 radical (unpaired) electrons. The molecule has 0 spiro atoms. The molecule has 84 valence electrons. The third-order valence-electron chi connectivity index (χ3n) is 2.06. The second-order valence-corrected chi connectivity index (χ2v) is 4.51. The molecule has 0 aliphatic carbocycles. The molecular weight excluding hydrogens is 172 g/mol. The van der Waals surface area contributed by atoms with Crippen LogP contribution < -0.4 is 5.32 Å². The van der Waals surface area contributed by atoms with Crippen LogP contribution in [0.15, 0.2) is 12.2 Å². The van der Waals surface area contributed by atoms with E-state index in [9.17, 15) is 0 Å². The maximum absolute atomic E-state index is 3.91. The normalized spacial score (nSPS) is 11.3. The highest BCUT2D eigenvalue weighted by atomic mass is 15.1. The first-order valence-corrected chi connectivity index (χ1v) is 5.58. The van der Waals surface area contributed by atoms with Crippen LogP contribution in [0.4, 0.5) is 0 Å². The smallest absolute Gasteiger partial charge is 0.0184 e. The van der Waals surface area contributed by atoms with E-state index < -0.39 is 0 Å². The van der Waals surface area contributed by atoms with Crippen LogP contribution in [0, 0.1) is 0 Å². The van der Waals surface area contributed by atoms with E-state index in [0.29, 0.717) is 6.04 Å². The van der Waals surface area contributed by atoms with Gasteiger partial charge in [-0.25, -0.2) is 0 Å². The summed E-state index contributed by atoms with van der Waals surface area (Å²) in [7, 11) is 2.16. The van der Waals surface area contributed by atoms with Crippen LogP contribution in [-0.4, -0.2) is 37.6 Å². The summed E-state index contributed by atoms with van der Waals surface area (Å²) in [5, 5.41) is 3.42. The zero-order valence-corrected chi connectivity index (χ0v) is 10.3. The van der Waals surface area contributed by atoms with Crippen molar-refractivity contribution in [3.8, 4) is 0 Å². The lowest BCUT2D eigenvalue weighted by molar-refractivity contribution is 0.350. The number of unbranched alkanes of at least 4 members (excludes halogenated alkanes) is 1. The predicted molar refractivity (Wildman–Crippen MR) is 64.7 cm³/mol. The van der Waals surface area contributed by atoms with Gasteiger partial charge in [0.05, 0.1) is 0 Å². The van der Waals surface area contributed by atoms with Crippen LogP contribution >= 0.6 is 0 Å². The molecule has 0 saturated heterocycles. The summed E-state index contributed by atoms with van der Waals surface area (Å²) in [6, 6.07) is 0.614. The first-order valence-electron chi connectivity index (χ1n) is 5.58. The Morgan fingerprint density at radius 2 is 2.00 bits per heavy atom. The topological polar surface area (TPSA) is 15.3 Å². The summed E-state index contributed by atoms with van der Waals surface area (Å²) in [6.45, 7) is 13.7. The molecule has 0 rings (SSSR count). The van der Waals surface area contributed by atoms with E-state index >= 15 is 0 Å². The lowest BCUT2D eigenvalue weighted by atomic mass is 10.2. The highest BCUT2D eigenvalue weighted by molar-refractivity contribution is 4.90. The second kappa shape index (κ2) is 8.01. The molecule has 0 aromatic heterocycles. The Labute approximate surface area is 89.4 Å². The number of likely N-dealkylation sites (N-methyl/N-ethyl adjacent to an activating group) is 1. The molecule has 0 aromatic carbocycles. The third kappa shape index (κ3) is 9.75. The molecule has 0 fully saturated rings. The molecule has 2 nitrogen and oxygen atoms in total. The molecule has 0 heterocycles. The molecule has 2 heteroatoms. The molecular formula is C12H26N2. The second-order valence-electron chi connectivity index (χ2n) is 4.51. The monoisotopic (exact) mass is 198 g/mol. The Morgan fingerprint density at radius 3 is 2.50 bits per heavy atom. The zero-order valence-electron chi connectivity index (χ0n) is 10.3. The van der Waals surface area contributed by atoms with E-state index in [1.807, 2.05) is 0 Å². The average Bonchev–Trinajstić information content (AvgIpc) is 2.01. The minimum Gasteiger partial charge on any atom is -0.315 e. The highest BCUT2D eigenvalue weighted by Gasteiger charge is 1.98. The van der Waals surface area contributed by atoms with Crippen molar-refractivity contribution in [2.45, 2.75) is 39.7 Å². The summed E-state index contributed by atoms with van der Waals surface area (Å²) in [5.41, 5.74) is 1.24. The van der Waals surface area contributed by atoms with E-state index in [2.05, 4.69) is 44.6 Å². The van der Waals surface area contributed by atoms with E-state index in [-0.39, 0.29) is 0 Å². The van der Waals surface area contributed by atoms with Crippen molar-refractivity contribution >= 4 is 0 Å². The minimum atomic E-state index is 0.614. The minimum absolute atomic E-state index is 0.614. The number of hydrogen-bond acceptors (Lipinski definition) is 2. The molecule has 14 heavy (non-hydrogen) atoms. The Bertz CT molecular complexity index is 152. The van der Waals surface area contributed by atoms with Gasteiger partial charge < -0.3 is 10.2 Å². The fourth-order valence-corrected chi connectivity index (χ4v) is 1.44. The van der Waals surface area contributed by atoms with Gasteiger partial charge >= 0.3 is 0 Å². The van der Waals surface area contributed by atoms with E-state index in [4.69, 9.17) is 0 Å². The fraction of sp³-hybridized carbons (Fsp3) is 0.833. The first kappa shape index (κ1) is 13.7. The number of rotatable bonds is 8. The maximum Gasteiger partial charge on any atom is 0.0184 e. The van der Waals surface area contributed by atoms with Crippen LogP contribution in [0.25, 0.3) is 0 Å². The van der Waals surface area contributed by atoms with Gasteiger partial charge in [0, 0.05) is 12.6 Å². The first-order chi connectivity index (χ1) is 6.52. The Hall–Kier alpha value is -0.340. The van der Waals surface area contributed by atoms with Gasteiger partial charge in [0.1, 0.15) is 0 Å². The van der Waals surface area contributed by atoms with Gasteiger partial charge in [-0.3, -0.25) is 0 Å². The van der Waals surface area contributed by atoms with Crippen molar-refractivity contribution in [1.82, 2.24) is 10.2 Å². The SMILES string of the molecule is C=C(C)CN(C)CCCCNC(C)C. The van der Waals surface area contributed by atoms with Gasteiger partial charge in [-0.2, -0.15) is 0 Å². The molecule has 0 aromatic rings. The summed E-state index contributed by atoms with van der Waals surface area (Å²) >= 11 is 0. The Kier molecular flexibility index (Phi) is 7.81. The van der Waals surface area contributed by atoms with E-state index in [1.165, 1.54) is 25.0 Å². The molecule has 0 bridgehead atoms. The maximum atomic E-state index is 3.91. The van der Waals surface area contributed by atoms with Crippen molar-refractivity contribution < 1.29 is 0 Å². The summed E-state index contributed by atoms with van der Waals surface area (Å²) in [4.78, 5) is 2.33. The van der Waals surface area contributed by atoms with Crippen LogP contribution in [0.3, 0.4) is 0 Å². The standard InChI is InChI=1S/C12H26N2/c1-11(2)10-14(5)9-7-6-8-13-12(3)4/h12-13H,1,6-10H2,2-5H3. The van der Waals surface area contributed by atoms with Crippen molar-refractivity contribution in [1.29, 1.82) is 0 Å². The molecule has 0 aliphatic rings. The number of hydrogen-bond donors (Lipinski definition) is 1. The molecule has 1 N–H and O–H groups in total. The number of nitrogens with zero attached hydrogens (tertiary/aromatic N) is 1. The molecule has 0 aliphatic heterocycles. The number of nitrogens with one attached hydrogen (secondary N) is 1. The third-order valence-corrected chi connectivity index (χ3v) is 2.06. The van der Waals surface area contributed by atoms with Crippen LogP contribution in [-0.2, 0) is 0 Å². The van der Waals surface area contributed by atoms with Crippen molar-refractivity contribution in [2.75, 3.05) is 26.7 Å². The van der Waals surface area contributed by atoms with Gasteiger partial charge in [0.15, 0.2) is 0 Å². The average molecular weight is 198 g/mol. The van der Waals surface area contributed by atoms with Crippen molar-refractivity contribution in [3.05, 3.63) is 12.2 Å². The largest absolute Gasteiger partial charge is 0.315 e. The lowest BCUT2D eigenvalue weighted by Gasteiger charge is -2.16. The van der Waals surface area contributed by atoms with E-state index in [0.717, 1.165) is 13.1 Å². The molecule has 0 saturated carbocycles. The van der Waals surface area contributed by atoms with Crippen molar-refractivity contribution in [3.63, 3.8) is 0 Å². The van der Waals surface area contributed by atoms with Crippen LogP contribution in [0.5, 0.6) is 0 Å². The van der Waals surface area contributed by atoms with Gasteiger partial charge in [-0.15, -0.1) is 0 Å². The van der Waals surface area contributed by atoms with Crippen LogP contribution in [0.2, 0.25) is 0 Å². The summed E-state index contributed by atoms with van der Waals surface area (Å²) in [6.07, 6.45) is 2.53. The van der Waals surface area contributed by atoms with Gasteiger partial charge in [-0.1, -0.05) is 26.0 Å². The van der Waals surface area contributed by atoms with Gasteiger partial charge in [-0.05, 0) is 39.9 Å². The Morgan fingerprint density at radius 1 is 1.36 bits per heavy atom. The lowest BCUT2D eigenvalue weighted by Crippen LogP contribution is -2.25. The van der Waals surface area contributed by atoms with Crippen LogP contribution in [0.1, 0.15) is 33.6 Å². The zero-order chi connectivity index (χ0) is 11.0. The quantitative estimate of drug-likeness (QED) is 0.475. The molecule has 0 amide bonds. The highest BCUT2D eigenvalue weighted by Crippen LogP contribution is 1.96. The Balaban J connectivity index is 3.23. The summed E-state index contributed by atoms with van der Waals surface area (Å²) in [5.74, 6) is 0. The van der Waals surface area contributed by atoms with Crippen molar-refractivity contribution in [2.24, 2.45) is 0 Å². The molecule has 0 unspecified atom stereocenters. The van der Waals surface area contributed by atoms with E-state index in [1.54, 1.807) is 0 Å². The van der Waals surface area contributed by atoms with Gasteiger partial charge in [0.25, 0.3) is 0 Å². The predicted octanol–water partition coefficient (Wildman–Crippen LogP) is 2.27.